The standard InChI is InChI=1S/C24H19Br2ClN2O3S/c1-15(30)29-23(18-6-9-20(27)10-7-18)13-22(28-29)17-4-2-16(3-5-17)14-33(31,32)24-12-19(25)8-11-21(24)26/h2-12,23H,13-14H2,1H3. The number of halogens is 3. The number of hydrazone groups is 1. The summed E-state index contributed by atoms with van der Waals surface area (Å²) in [6.45, 7) is 1.49. The van der Waals surface area contributed by atoms with Crippen LogP contribution in [0.4, 0.5) is 0 Å². The van der Waals surface area contributed by atoms with Crippen LogP contribution >= 0.6 is 43.5 Å². The average Bonchev–Trinajstić information content (AvgIpc) is 3.22. The van der Waals surface area contributed by atoms with Crippen LogP contribution in [0.2, 0.25) is 5.02 Å². The Balaban J connectivity index is 1.55. The summed E-state index contributed by atoms with van der Waals surface area (Å²) in [5.74, 6) is -0.269. The molecule has 0 N–H and O–H groups in total. The molecule has 0 bridgehead atoms. The molecule has 0 fully saturated rings. The Morgan fingerprint density at radius 1 is 1.06 bits per heavy atom. The maximum atomic E-state index is 12.9. The highest BCUT2D eigenvalue weighted by Crippen LogP contribution is 2.34. The summed E-state index contributed by atoms with van der Waals surface area (Å²) in [7, 11) is -3.54. The Hall–Kier alpha value is -2.00. The molecule has 3 aromatic rings. The molecular weight excluding hydrogens is 592 g/mol. The van der Waals surface area contributed by atoms with E-state index in [2.05, 4.69) is 37.0 Å². The van der Waals surface area contributed by atoms with Gasteiger partial charge in [-0.15, -0.1) is 0 Å². The minimum Gasteiger partial charge on any atom is -0.273 e. The molecule has 5 nitrogen and oxygen atoms in total. The minimum absolute atomic E-state index is 0.123. The fourth-order valence-electron chi connectivity index (χ4n) is 3.73. The van der Waals surface area contributed by atoms with E-state index in [9.17, 15) is 13.2 Å². The van der Waals surface area contributed by atoms with Gasteiger partial charge in [0.15, 0.2) is 9.84 Å². The van der Waals surface area contributed by atoms with Gasteiger partial charge in [0.2, 0.25) is 5.91 Å². The molecule has 9 heteroatoms. The minimum atomic E-state index is -3.54. The Morgan fingerprint density at radius 3 is 2.36 bits per heavy atom. The molecule has 0 spiro atoms. The van der Waals surface area contributed by atoms with Gasteiger partial charge in [-0.3, -0.25) is 4.79 Å². The molecule has 1 amide bonds. The highest BCUT2D eigenvalue weighted by atomic mass is 79.9. The lowest BCUT2D eigenvalue weighted by Crippen LogP contribution is -2.24. The van der Waals surface area contributed by atoms with Crippen LogP contribution in [0, 0.1) is 0 Å². The third-order valence-corrected chi connectivity index (χ3v) is 8.78. The van der Waals surface area contributed by atoms with Crippen LogP contribution in [0.3, 0.4) is 0 Å². The number of carbonyl (C=O) groups is 1. The molecule has 1 atom stereocenters. The second-order valence-corrected chi connectivity index (χ2v) is 11.9. The van der Waals surface area contributed by atoms with E-state index in [-0.39, 0.29) is 22.6 Å². The molecule has 1 aliphatic heterocycles. The number of hydrogen-bond acceptors (Lipinski definition) is 4. The van der Waals surface area contributed by atoms with Crippen LogP contribution in [-0.2, 0) is 20.4 Å². The Morgan fingerprint density at radius 2 is 1.73 bits per heavy atom. The third-order valence-electron chi connectivity index (χ3n) is 5.36. The first-order valence-electron chi connectivity index (χ1n) is 10.0. The van der Waals surface area contributed by atoms with E-state index in [1.54, 1.807) is 42.5 Å². The predicted molar refractivity (Wildman–Crippen MR) is 137 cm³/mol. The molecule has 1 unspecified atom stereocenters. The number of rotatable bonds is 5. The SMILES string of the molecule is CC(=O)N1N=C(c2ccc(CS(=O)(=O)c3cc(Br)ccc3Br)cc2)CC1c1ccc(Cl)cc1. The zero-order chi connectivity index (χ0) is 23.8. The summed E-state index contributed by atoms with van der Waals surface area (Å²) in [5.41, 5.74) is 3.24. The van der Waals surface area contributed by atoms with Crippen molar-refractivity contribution in [3.63, 3.8) is 0 Å². The van der Waals surface area contributed by atoms with Crippen molar-refractivity contribution in [3.8, 4) is 0 Å². The number of hydrogen-bond donors (Lipinski definition) is 0. The zero-order valence-corrected chi connectivity index (χ0v) is 22.2. The summed E-state index contributed by atoms with van der Waals surface area (Å²) in [4.78, 5) is 12.4. The fourth-order valence-corrected chi connectivity index (χ4v) is 6.81. The smallest absolute Gasteiger partial charge is 0.240 e. The summed E-state index contributed by atoms with van der Waals surface area (Å²) >= 11 is 12.7. The largest absolute Gasteiger partial charge is 0.273 e. The summed E-state index contributed by atoms with van der Waals surface area (Å²) in [6.07, 6.45) is 0.559. The van der Waals surface area contributed by atoms with Gasteiger partial charge < -0.3 is 0 Å². The number of nitrogens with zero attached hydrogens (tertiary/aromatic N) is 2. The monoisotopic (exact) mass is 608 g/mol. The van der Waals surface area contributed by atoms with Crippen molar-refractivity contribution >= 4 is 64.9 Å². The third kappa shape index (κ3) is 5.40. The second-order valence-electron chi connectivity index (χ2n) is 7.71. The number of amides is 1. The predicted octanol–water partition coefficient (Wildman–Crippen LogP) is 6.54. The molecule has 0 saturated heterocycles. The molecular formula is C24H19Br2ClN2O3S. The maximum Gasteiger partial charge on any atom is 0.240 e. The van der Waals surface area contributed by atoms with Gasteiger partial charge in [-0.2, -0.15) is 5.10 Å². The van der Waals surface area contributed by atoms with Gasteiger partial charge in [-0.05, 0) is 63.0 Å². The van der Waals surface area contributed by atoms with Crippen molar-refractivity contribution in [2.45, 2.75) is 30.0 Å². The molecule has 0 radical (unpaired) electrons. The summed E-state index contributed by atoms with van der Waals surface area (Å²) < 4.78 is 27.1. The molecule has 0 aromatic heterocycles. The van der Waals surface area contributed by atoms with E-state index in [0.717, 1.165) is 16.8 Å². The number of carbonyl (C=O) groups excluding carboxylic acids is 1. The summed E-state index contributed by atoms with van der Waals surface area (Å²) in [6, 6.07) is 19.5. The molecule has 4 rings (SSSR count). The van der Waals surface area contributed by atoms with Gasteiger partial charge >= 0.3 is 0 Å². The van der Waals surface area contributed by atoms with E-state index in [4.69, 9.17) is 11.6 Å². The number of benzene rings is 3. The molecule has 1 aliphatic rings. The molecule has 33 heavy (non-hydrogen) atoms. The van der Waals surface area contributed by atoms with E-state index >= 15 is 0 Å². The molecule has 0 aliphatic carbocycles. The van der Waals surface area contributed by atoms with Crippen molar-refractivity contribution < 1.29 is 13.2 Å². The first-order chi connectivity index (χ1) is 15.6. The topological polar surface area (TPSA) is 66.8 Å². The lowest BCUT2D eigenvalue weighted by atomic mass is 9.98. The van der Waals surface area contributed by atoms with Crippen LogP contribution in [0.25, 0.3) is 0 Å². The molecule has 0 saturated carbocycles. The van der Waals surface area contributed by atoms with Gasteiger partial charge in [0.25, 0.3) is 0 Å². The van der Waals surface area contributed by atoms with Crippen LogP contribution in [0.1, 0.15) is 36.1 Å². The normalized spacial score (nSPS) is 16.1. The van der Waals surface area contributed by atoms with Crippen LogP contribution in [0.5, 0.6) is 0 Å². The average molecular weight is 611 g/mol. The highest BCUT2D eigenvalue weighted by molar-refractivity contribution is 9.11. The van der Waals surface area contributed by atoms with Crippen molar-refractivity contribution in [1.29, 1.82) is 0 Å². The van der Waals surface area contributed by atoms with Crippen LogP contribution in [0.15, 0.2) is 85.7 Å². The van der Waals surface area contributed by atoms with E-state index in [0.29, 0.717) is 26.0 Å². The van der Waals surface area contributed by atoms with Crippen molar-refractivity contribution in [3.05, 3.63) is 97.4 Å². The first kappa shape index (κ1) is 24.1. The molecule has 3 aromatic carbocycles. The maximum absolute atomic E-state index is 12.9. The summed E-state index contributed by atoms with van der Waals surface area (Å²) in [5, 5.41) is 6.67. The van der Waals surface area contributed by atoms with Crippen LogP contribution in [-0.4, -0.2) is 25.0 Å². The van der Waals surface area contributed by atoms with Gasteiger partial charge in [-0.25, -0.2) is 13.4 Å². The van der Waals surface area contributed by atoms with Gasteiger partial charge in [0.1, 0.15) is 0 Å². The van der Waals surface area contributed by atoms with E-state index < -0.39 is 9.84 Å². The lowest BCUT2D eigenvalue weighted by Gasteiger charge is -2.20. The van der Waals surface area contributed by atoms with Crippen molar-refractivity contribution in [2.24, 2.45) is 5.10 Å². The lowest BCUT2D eigenvalue weighted by molar-refractivity contribution is -0.130. The van der Waals surface area contributed by atoms with Crippen LogP contribution < -0.4 is 0 Å². The Bertz CT molecular complexity index is 1340. The Kier molecular flexibility index (Phi) is 7.09. The fraction of sp³-hybridized carbons (Fsp3) is 0.167. The van der Waals surface area contributed by atoms with Crippen molar-refractivity contribution in [2.75, 3.05) is 0 Å². The Labute approximate surface area is 214 Å². The van der Waals surface area contributed by atoms with E-state index in [1.165, 1.54) is 11.9 Å². The van der Waals surface area contributed by atoms with Gasteiger partial charge in [0.05, 0.1) is 22.4 Å². The van der Waals surface area contributed by atoms with Crippen molar-refractivity contribution in [1.82, 2.24) is 5.01 Å². The van der Waals surface area contributed by atoms with Gasteiger partial charge in [0, 0.05) is 27.3 Å². The molecule has 1 heterocycles. The van der Waals surface area contributed by atoms with E-state index in [1.807, 2.05) is 24.3 Å². The second kappa shape index (κ2) is 9.70. The first-order valence-corrected chi connectivity index (χ1v) is 13.7. The highest BCUT2D eigenvalue weighted by Gasteiger charge is 2.31. The zero-order valence-electron chi connectivity index (χ0n) is 17.5. The van der Waals surface area contributed by atoms with Gasteiger partial charge in [-0.1, -0.05) is 63.9 Å². The quantitative estimate of drug-likeness (QED) is 0.330. The molecule has 170 valence electrons. The number of sulfone groups is 1.